The molecular formula is C20H27BrN2O4. The number of carbonyl (C=O) groups excluding carboxylic acids is 3. The van der Waals surface area contributed by atoms with Crippen molar-refractivity contribution < 1.29 is 19.1 Å². The Balaban J connectivity index is 1.69. The van der Waals surface area contributed by atoms with Crippen molar-refractivity contribution in [3.8, 4) is 0 Å². The standard InChI is InChI=1S/C20H27BrN2O4/c1-20(2,3)15-8-4-14(5-9-15)19(26)27-12-17(24)22-23-18(25)13-6-10-16(21)11-7-13/h6-7,10-11,14-15H,4-5,8-9,12H2,1-3H3,(H,22,24)(H,23,25). The van der Waals surface area contributed by atoms with Gasteiger partial charge in [0.05, 0.1) is 5.92 Å². The lowest BCUT2D eigenvalue weighted by molar-refractivity contribution is -0.154. The van der Waals surface area contributed by atoms with Crippen LogP contribution in [0.3, 0.4) is 0 Å². The van der Waals surface area contributed by atoms with E-state index in [9.17, 15) is 14.4 Å². The summed E-state index contributed by atoms with van der Waals surface area (Å²) in [7, 11) is 0. The van der Waals surface area contributed by atoms with Gasteiger partial charge in [-0.3, -0.25) is 25.2 Å². The first-order valence-electron chi connectivity index (χ1n) is 9.18. The molecule has 148 valence electrons. The minimum atomic E-state index is -0.572. The van der Waals surface area contributed by atoms with E-state index in [0.717, 1.165) is 30.2 Å². The molecule has 7 heteroatoms. The minimum absolute atomic E-state index is 0.145. The van der Waals surface area contributed by atoms with Crippen molar-refractivity contribution >= 4 is 33.7 Å². The summed E-state index contributed by atoms with van der Waals surface area (Å²) in [6, 6.07) is 6.71. The molecular weight excluding hydrogens is 412 g/mol. The highest BCUT2D eigenvalue weighted by atomic mass is 79.9. The molecule has 1 saturated carbocycles. The Hall–Kier alpha value is -1.89. The Kier molecular flexibility index (Phi) is 7.41. The number of nitrogens with one attached hydrogen (secondary N) is 2. The third-order valence-corrected chi connectivity index (χ3v) is 5.58. The molecule has 2 amide bonds. The highest BCUT2D eigenvalue weighted by Gasteiger charge is 2.33. The van der Waals surface area contributed by atoms with Crippen LogP contribution < -0.4 is 10.9 Å². The summed E-state index contributed by atoms with van der Waals surface area (Å²) in [5, 5.41) is 0. The average Bonchev–Trinajstić information content (AvgIpc) is 2.64. The molecule has 1 aromatic carbocycles. The lowest BCUT2D eigenvalue weighted by atomic mass is 9.70. The predicted molar refractivity (Wildman–Crippen MR) is 106 cm³/mol. The number of carbonyl (C=O) groups is 3. The lowest BCUT2D eigenvalue weighted by Crippen LogP contribution is -2.44. The van der Waals surface area contributed by atoms with Gasteiger partial charge in [-0.25, -0.2) is 0 Å². The molecule has 0 unspecified atom stereocenters. The first-order chi connectivity index (χ1) is 12.7. The molecule has 0 aliphatic heterocycles. The Labute approximate surface area is 168 Å². The van der Waals surface area contributed by atoms with Crippen molar-refractivity contribution in [3.63, 3.8) is 0 Å². The van der Waals surface area contributed by atoms with Gasteiger partial charge in [0.15, 0.2) is 6.61 Å². The van der Waals surface area contributed by atoms with E-state index in [1.54, 1.807) is 24.3 Å². The van der Waals surface area contributed by atoms with Crippen molar-refractivity contribution in [2.24, 2.45) is 17.3 Å². The van der Waals surface area contributed by atoms with Gasteiger partial charge in [0.25, 0.3) is 11.8 Å². The number of ether oxygens (including phenoxy) is 1. The number of benzene rings is 1. The van der Waals surface area contributed by atoms with E-state index in [4.69, 9.17) is 4.74 Å². The van der Waals surface area contributed by atoms with Crippen LogP contribution in [0.15, 0.2) is 28.7 Å². The van der Waals surface area contributed by atoms with Crippen LogP contribution >= 0.6 is 15.9 Å². The van der Waals surface area contributed by atoms with Crippen LogP contribution in [0.25, 0.3) is 0 Å². The third kappa shape index (κ3) is 6.65. The molecule has 0 heterocycles. The third-order valence-electron chi connectivity index (χ3n) is 5.05. The average molecular weight is 439 g/mol. The van der Waals surface area contributed by atoms with E-state index in [1.165, 1.54) is 0 Å². The highest BCUT2D eigenvalue weighted by molar-refractivity contribution is 9.10. The molecule has 0 spiro atoms. The van der Waals surface area contributed by atoms with Gasteiger partial charge < -0.3 is 4.74 Å². The summed E-state index contributed by atoms with van der Waals surface area (Å²) in [6.07, 6.45) is 3.59. The summed E-state index contributed by atoms with van der Waals surface area (Å²) in [5.41, 5.74) is 5.21. The van der Waals surface area contributed by atoms with Gasteiger partial charge in [0, 0.05) is 10.0 Å². The molecule has 0 aromatic heterocycles. The quantitative estimate of drug-likeness (QED) is 0.555. The van der Waals surface area contributed by atoms with Crippen molar-refractivity contribution in [2.45, 2.75) is 46.5 Å². The first-order valence-corrected chi connectivity index (χ1v) is 9.97. The number of amides is 2. The molecule has 0 bridgehead atoms. The topological polar surface area (TPSA) is 84.5 Å². The molecule has 0 radical (unpaired) electrons. The van der Waals surface area contributed by atoms with Crippen LogP contribution in [0.5, 0.6) is 0 Å². The maximum Gasteiger partial charge on any atom is 0.309 e. The maximum atomic E-state index is 12.2. The fourth-order valence-corrected chi connectivity index (χ4v) is 3.55. The molecule has 1 fully saturated rings. The second-order valence-electron chi connectivity index (χ2n) is 8.03. The molecule has 1 aliphatic carbocycles. The normalized spacial score (nSPS) is 19.9. The number of hydrogen-bond donors (Lipinski definition) is 2. The Bertz CT molecular complexity index is 674. The zero-order valence-corrected chi connectivity index (χ0v) is 17.6. The molecule has 1 aromatic rings. The molecule has 27 heavy (non-hydrogen) atoms. The molecule has 1 aliphatic rings. The minimum Gasteiger partial charge on any atom is -0.455 e. The van der Waals surface area contributed by atoms with Gasteiger partial charge in [0.2, 0.25) is 0 Å². The summed E-state index contributed by atoms with van der Waals surface area (Å²) in [5.74, 6) is -0.885. The van der Waals surface area contributed by atoms with Crippen molar-refractivity contribution in [1.82, 2.24) is 10.9 Å². The van der Waals surface area contributed by atoms with Gasteiger partial charge in [-0.2, -0.15) is 0 Å². The smallest absolute Gasteiger partial charge is 0.309 e. The fraction of sp³-hybridized carbons (Fsp3) is 0.550. The molecule has 6 nitrogen and oxygen atoms in total. The van der Waals surface area contributed by atoms with Crippen LogP contribution in [0.4, 0.5) is 0 Å². The van der Waals surface area contributed by atoms with E-state index in [1.807, 2.05) is 0 Å². The van der Waals surface area contributed by atoms with Crippen LogP contribution in [-0.4, -0.2) is 24.4 Å². The number of hydrazine groups is 1. The van der Waals surface area contributed by atoms with E-state index in [0.29, 0.717) is 11.5 Å². The summed E-state index contributed by atoms with van der Waals surface area (Å²) in [4.78, 5) is 35.9. The zero-order chi connectivity index (χ0) is 20.0. The van der Waals surface area contributed by atoms with Crippen LogP contribution in [0.1, 0.15) is 56.8 Å². The van der Waals surface area contributed by atoms with Gasteiger partial charge in [0.1, 0.15) is 0 Å². The highest BCUT2D eigenvalue weighted by Crippen LogP contribution is 2.40. The van der Waals surface area contributed by atoms with Gasteiger partial charge in [-0.1, -0.05) is 36.7 Å². The Morgan fingerprint density at radius 3 is 2.19 bits per heavy atom. The largest absolute Gasteiger partial charge is 0.455 e. The van der Waals surface area contributed by atoms with Gasteiger partial charge in [-0.15, -0.1) is 0 Å². The van der Waals surface area contributed by atoms with E-state index >= 15 is 0 Å². The summed E-state index contributed by atoms with van der Waals surface area (Å²) >= 11 is 3.29. The molecule has 0 atom stereocenters. The Morgan fingerprint density at radius 1 is 1.04 bits per heavy atom. The zero-order valence-electron chi connectivity index (χ0n) is 16.0. The van der Waals surface area contributed by atoms with Gasteiger partial charge in [-0.05, 0) is 61.3 Å². The van der Waals surface area contributed by atoms with Crippen molar-refractivity contribution in [1.29, 1.82) is 0 Å². The molecule has 2 rings (SSSR count). The van der Waals surface area contributed by atoms with Gasteiger partial charge >= 0.3 is 5.97 Å². The maximum absolute atomic E-state index is 12.2. The SMILES string of the molecule is CC(C)(C)C1CCC(C(=O)OCC(=O)NNC(=O)c2ccc(Br)cc2)CC1. The Morgan fingerprint density at radius 2 is 1.63 bits per heavy atom. The lowest BCUT2D eigenvalue weighted by Gasteiger charge is -2.36. The predicted octanol–water partition coefficient (Wildman–Crippen LogP) is 3.61. The number of hydrogen-bond acceptors (Lipinski definition) is 4. The first kappa shape index (κ1) is 21.4. The summed E-state index contributed by atoms with van der Waals surface area (Å²) < 4.78 is 5.96. The van der Waals surface area contributed by atoms with E-state index in [2.05, 4.69) is 47.6 Å². The number of rotatable bonds is 4. The van der Waals surface area contributed by atoms with Crippen molar-refractivity contribution in [2.75, 3.05) is 6.61 Å². The second-order valence-corrected chi connectivity index (χ2v) is 8.95. The van der Waals surface area contributed by atoms with Crippen molar-refractivity contribution in [3.05, 3.63) is 34.3 Å². The van der Waals surface area contributed by atoms with Crippen LogP contribution in [-0.2, 0) is 14.3 Å². The van der Waals surface area contributed by atoms with Crippen LogP contribution in [0, 0.1) is 17.3 Å². The van der Waals surface area contributed by atoms with E-state index in [-0.39, 0.29) is 17.3 Å². The molecule has 2 N–H and O–H groups in total. The van der Waals surface area contributed by atoms with E-state index < -0.39 is 18.4 Å². The monoisotopic (exact) mass is 438 g/mol. The summed E-state index contributed by atoms with van der Waals surface area (Å²) in [6.45, 7) is 6.27. The molecule has 0 saturated heterocycles. The number of halogens is 1. The fourth-order valence-electron chi connectivity index (χ4n) is 3.29. The second kappa shape index (κ2) is 9.35. The number of esters is 1. The van der Waals surface area contributed by atoms with Crippen LogP contribution in [0.2, 0.25) is 0 Å².